The van der Waals surface area contributed by atoms with Crippen LogP contribution in [0.4, 0.5) is 0 Å². The van der Waals surface area contributed by atoms with Crippen LogP contribution in [0.5, 0.6) is 0 Å². The molecule has 1 spiro atoms. The van der Waals surface area contributed by atoms with Gasteiger partial charge in [-0.25, -0.2) is 0 Å². The van der Waals surface area contributed by atoms with E-state index in [0.717, 1.165) is 0 Å². The van der Waals surface area contributed by atoms with Crippen LogP contribution in [0.15, 0.2) is 0 Å². The van der Waals surface area contributed by atoms with Crippen LogP contribution >= 0.6 is 11.8 Å². The van der Waals surface area contributed by atoms with Crippen LogP contribution in [0.25, 0.3) is 0 Å². The van der Waals surface area contributed by atoms with Gasteiger partial charge in [-0.3, -0.25) is 0 Å². The van der Waals surface area contributed by atoms with E-state index in [1.807, 2.05) is 11.8 Å². The second-order valence-corrected chi connectivity index (χ2v) is 4.33. The fourth-order valence-electron chi connectivity index (χ4n) is 1.85. The summed E-state index contributed by atoms with van der Waals surface area (Å²) < 4.78 is 0. The zero-order valence-electron chi connectivity index (χ0n) is 6.23. The van der Waals surface area contributed by atoms with Crippen molar-refractivity contribution in [3.05, 3.63) is 5.75 Å². The minimum Gasteiger partial charge on any atom is -0.317 e. The SMILES string of the molecule is [CH]1SCCC12CCNCC2. The molecule has 0 aromatic rings. The van der Waals surface area contributed by atoms with Crippen LogP contribution in [0.1, 0.15) is 19.3 Å². The van der Waals surface area contributed by atoms with Gasteiger partial charge in [-0.15, -0.1) is 0 Å². The van der Waals surface area contributed by atoms with E-state index in [2.05, 4.69) is 11.1 Å². The molecule has 1 nitrogen and oxygen atoms in total. The van der Waals surface area contributed by atoms with Crippen molar-refractivity contribution in [2.24, 2.45) is 5.41 Å². The summed E-state index contributed by atoms with van der Waals surface area (Å²) in [5, 5.41) is 3.41. The number of rotatable bonds is 0. The molecule has 2 heterocycles. The van der Waals surface area contributed by atoms with Crippen molar-refractivity contribution in [2.45, 2.75) is 19.3 Å². The number of hydrogen-bond donors (Lipinski definition) is 1. The fourth-order valence-corrected chi connectivity index (χ4v) is 3.20. The van der Waals surface area contributed by atoms with E-state index in [4.69, 9.17) is 0 Å². The van der Waals surface area contributed by atoms with Crippen LogP contribution < -0.4 is 5.32 Å². The highest BCUT2D eigenvalue weighted by molar-refractivity contribution is 8.01. The Morgan fingerprint density at radius 1 is 1.20 bits per heavy atom. The van der Waals surface area contributed by atoms with Gasteiger partial charge >= 0.3 is 0 Å². The molecule has 0 amide bonds. The number of hydrogen-bond acceptors (Lipinski definition) is 2. The lowest BCUT2D eigenvalue weighted by Gasteiger charge is -2.32. The van der Waals surface area contributed by atoms with Crippen LogP contribution in [-0.2, 0) is 0 Å². The van der Waals surface area contributed by atoms with Gasteiger partial charge in [0.15, 0.2) is 0 Å². The summed E-state index contributed by atoms with van der Waals surface area (Å²) in [6, 6.07) is 0. The van der Waals surface area contributed by atoms with E-state index < -0.39 is 0 Å². The maximum atomic E-state index is 3.41. The molecule has 0 atom stereocenters. The van der Waals surface area contributed by atoms with Gasteiger partial charge in [-0.2, -0.15) is 11.8 Å². The second kappa shape index (κ2) is 2.74. The summed E-state index contributed by atoms with van der Waals surface area (Å²) in [4.78, 5) is 0. The van der Waals surface area contributed by atoms with E-state index in [1.54, 1.807) is 0 Å². The number of piperidine rings is 1. The lowest BCUT2D eigenvalue weighted by molar-refractivity contribution is 0.263. The van der Waals surface area contributed by atoms with Crippen molar-refractivity contribution in [3.63, 3.8) is 0 Å². The smallest absolute Gasteiger partial charge is 0.0229 e. The first kappa shape index (κ1) is 6.99. The minimum atomic E-state index is 0.649. The van der Waals surface area contributed by atoms with Gasteiger partial charge in [0, 0.05) is 5.75 Å². The first-order valence-corrected chi connectivity index (χ1v) is 5.13. The van der Waals surface area contributed by atoms with Gasteiger partial charge in [0.2, 0.25) is 0 Å². The summed E-state index contributed by atoms with van der Waals surface area (Å²) in [6.07, 6.45) is 4.18. The topological polar surface area (TPSA) is 12.0 Å². The van der Waals surface area contributed by atoms with Gasteiger partial charge < -0.3 is 5.32 Å². The van der Waals surface area contributed by atoms with E-state index in [1.165, 1.54) is 38.1 Å². The molecule has 2 aliphatic heterocycles. The van der Waals surface area contributed by atoms with Crippen LogP contribution in [0.2, 0.25) is 0 Å². The van der Waals surface area contributed by atoms with Crippen LogP contribution in [-0.4, -0.2) is 18.8 Å². The molecule has 10 heavy (non-hydrogen) atoms. The molecule has 1 N–H and O–H groups in total. The molecule has 0 saturated carbocycles. The van der Waals surface area contributed by atoms with E-state index in [9.17, 15) is 0 Å². The van der Waals surface area contributed by atoms with Gasteiger partial charge in [0.1, 0.15) is 0 Å². The van der Waals surface area contributed by atoms with Crippen LogP contribution in [0, 0.1) is 11.2 Å². The Bertz CT molecular complexity index is 110. The molecule has 2 fully saturated rings. The monoisotopic (exact) mass is 156 g/mol. The lowest BCUT2D eigenvalue weighted by Crippen LogP contribution is -2.35. The van der Waals surface area contributed by atoms with Crippen molar-refractivity contribution in [3.8, 4) is 0 Å². The molecule has 2 aliphatic rings. The average Bonchev–Trinajstić information content (AvgIpc) is 2.39. The van der Waals surface area contributed by atoms with Crippen molar-refractivity contribution in [2.75, 3.05) is 18.8 Å². The molecule has 2 saturated heterocycles. The largest absolute Gasteiger partial charge is 0.317 e. The Morgan fingerprint density at radius 3 is 2.60 bits per heavy atom. The molecule has 57 valence electrons. The molecular formula is C8H14NS. The van der Waals surface area contributed by atoms with Gasteiger partial charge in [0.05, 0.1) is 0 Å². The summed E-state index contributed by atoms with van der Waals surface area (Å²) in [6.45, 7) is 2.47. The first-order valence-electron chi connectivity index (χ1n) is 4.08. The maximum absolute atomic E-state index is 3.41. The lowest BCUT2D eigenvalue weighted by atomic mass is 9.79. The Hall–Kier alpha value is 0.310. The molecule has 0 aromatic carbocycles. The average molecular weight is 156 g/mol. The predicted octanol–water partition coefficient (Wildman–Crippen LogP) is 1.65. The zero-order valence-corrected chi connectivity index (χ0v) is 7.04. The fraction of sp³-hybridized carbons (Fsp3) is 0.875. The predicted molar refractivity (Wildman–Crippen MR) is 45.9 cm³/mol. The summed E-state index contributed by atoms with van der Waals surface area (Å²) >= 11 is 2.03. The zero-order chi connectivity index (χ0) is 6.86. The van der Waals surface area contributed by atoms with Crippen LogP contribution in [0.3, 0.4) is 0 Å². The van der Waals surface area contributed by atoms with Crippen molar-refractivity contribution < 1.29 is 0 Å². The van der Waals surface area contributed by atoms with E-state index in [-0.39, 0.29) is 0 Å². The maximum Gasteiger partial charge on any atom is 0.0229 e. The standard InChI is InChI=1S/C8H14NS/c1-4-9-5-2-8(1)3-6-10-7-8/h7,9H,1-6H2. The Balaban J connectivity index is 1.98. The molecule has 0 unspecified atom stereocenters. The Morgan fingerprint density at radius 2 is 2.00 bits per heavy atom. The van der Waals surface area contributed by atoms with Crippen molar-refractivity contribution >= 4 is 11.8 Å². The molecule has 0 aliphatic carbocycles. The Labute approximate surface area is 67.0 Å². The molecular weight excluding hydrogens is 142 g/mol. The third kappa shape index (κ3) is 1.19. The number of thioether (sulfide) groups is 1. The Kier molecular flexibility index (Phi) is 1.92. The van der Waals surface area contributed by atoms with Crippen molar-refractivity contribution in [1.29, 1.82) is 0 Å². The molecule has 2 heteroatoms. The molecule has 1 radical (unpaired) electrons. The van der Waals surface area contributed by atoms with Gasteiger partial charge in [-0.1, -0.05) is 0 Å². The third-order valence-corrected chi connectivity index (χ3v) is 3.76. The second-order valence-electron chi connectivity index (χ2n) is 3.35. The van der Waals surface area contributed by atoms with E-state index >= 15 is 0 Å². The third-order valence-electron chi connectivity index (χ3n) is 2.65. The quantitative estimate of drug-likeness (QED) is 0.572. The molecule has 0 aromatic heterocycles. The van der Waals surface area contributed by atoms with Crippen molar-refractivity contribution in [1.82, 2.24) is 5.32 Å². The minimum absolute atomic E-state index is 0.649. The normalized spacial score (nSPS) is 31.2. The number of nitrogens with one attached hydrogen (secondary N) is 1. The highest BCUT2D eigenvalue weighted by Crippen LogP contribution is 2.46. The highest BCUT2D eigenvalue weighted by Gasteiger charge is 2.35. The molecule has 0 bridgehead atoms. The summed E-state index contributed by atoms with van der Waals surface area (Å²) in [5.41, 5.74) is 0.649. The van der Waals surface area contributed by atoms with Gasteiger partial charge in [0.25, 0.3) is 0 Å². The van der Waals surface area contributed by atoms with E-state index in [0.29, 0.717) is 5.41 Å². The summed E-state index contributed by atoms with van der Waals surface area (Å²) in [7, 11) is 0. The first-order chi connectivity index (χ1) is 4.91. The highest BCUT2D eigenvalue weighted by atomic mass is 32.2. The summed E-state index contributed by atoms with van der Waals surface area (Å²) in [5.74, 6) is 3.86. The molecule has 2 rings (SSSR count). The van der Waals surface area contributed by atoms with Gasteiger partial charge in [-0.05, 0) is 43.5 Å².